The average Bonchev–Trinajstić information content (AvgIpc) is 1.91. The minimum Gasteiger partial charge on any atom is -0.393 e. The molecule has 2 heteroatoms. The Bertz CT molecular complexity index is 129. The summed E-state index contributed by atoms with van der Waals surface area (Å²) in [5, 5.41) is 9.27. The molecule has 0 bridgehead atoms. The first-order valence-corrected chi connectivity index (χ1v) is 4.83. The van der Waals surface area contributed by atoms with E-state index in [4.69, 9.17) is 4.74 Å². The second kappa shape index (κ2) is 3.75. The van der Waals surface area contributed by atoms with Gasteiger partial charge in [0.05, 0.1) is 17.8 Å². The normalized spacial score (nSPS) is 32.0. The monoisotopic (exact) mass is 172 g/mol. The van der Waals surface area contributed by atoms with Crippen molar-refractivity contribution < 1.29 is 9.84 Å². The summed E-state index contributed by atoms with van der Waals surface area (Å²) in [4.78, 5) is 0. The van der Waals surface area contributed by atoms with Crippen molar-refractivity contribution in [2.45, 2.75) is 64.3 Å². The Hall–Kier alpha value is -0.0800. The molecule has 1 aliphatic carbocycles. The topological polar surface area (TPSA) is 29.5 Å². The van der Waals surface area contributed by atoms with E-state index >= 15 is 0 Å². The Morgan fingerprint density at radius 1 is 1.08 bits per heavy atom. The maximum atomic E-state index is 9.27. The van der Waals surface area contributed by atoms with Crippen LogP contribution in [0.1, 0.15) is 46.5 Å². The van der Waals surface area contributed by atoms with Gasteiger partial charge >= 0.3 is 0 Å². The number of aliphatic hydroxyl groups is 1. The zero-order chi connectivity index (χ0) is 9.19. The lowest BCUT2D eigenvalue weighted by molar-refractivity contribution is -0.0853. The standard InChI is InChI=1S/C10H20O2/c1-10(2,3)12-9-6-4-8(11)5-7-9/h8-9,11H,4-7H2,1-3H3. The van der Waals surface area contributed by atoms with Crippen LogP contribution in [0.3, 0.4) is 0 Å². The molecule has 0 aromatic rings. The number of rotatable bonds is 1. The molecule has 12 heavy (non-hydrogen) atoms. The molecule has 1 saturated carbocycles. The molecule has 0 heterocycles. The molecule has 0 radical (unpaired) electrons. The van der Waals surface area contributed by atoms with Crippen molar-refractivity contribution in [2.24, 2.45) is 0 Å². The molecule has 0 spiro atoms. The lowest BCUT2D eigenvalue weighted by Gasteiger charge is -2.31. The first-order valence-electron chi connectivity index (χ1n) is 4.83. The van der Waals surface area contributed by atoms with Crippen LogP contribution < -0.4 is 0 Å². The summed E-state index contributed by atoms with van der Waals surface area (Å²) < 4.78 is 5.82. The van der Waals surface area contributed by atoms with Crippen molar-refractivity contribution in [1.82, 2.24) is 0 Å². The van der Waals surface area contributed by atoms with E-state index in [1.165, 1.54) is 0 Å². The van der Waals surface area contributed by atoms with Gasteiger partial charge in [-0.1, -0.05) is 0 Å². The largest absolute Gasteiger partial charge is 0.393 e. The van der Waals surface area contributed by atoms with Gasteiger partial charge < -0.3 is 9.84 Å². The van der Waals surface area contributed by atoms with Gasteiger partial charge in [0, 0.05) is 0 Å². The average molecular weight is 172 g/mol. The van der Waals surface area contributed by atoms with Gasteiger partial charge in [-0.3, -0.25) is 0 Å². The smallest absolute Gasteiger partial charge is 0.0602 e. The van der Waals surface area contributed by atoms with Gasteiger partial charge in [-0.15, -0.1) is 0 Å². The molecule has 1 N–H and O–H groups in total. The van der Waals surface area contributed by atoms with Crippen molar-refractivity contribution in [2.75, 3.05) is 0 Å². The van der Waals surface area contributed by atoms with E-state index in [-0.39, 0.29) is 11.7 Å². The summed E-state index contributed by atoms with van der Waals surface area (Å²) in [6.07, 6.45) is 4.12. The predicted molar refractivity (Wildman–Crippen MR) is 49.1 cm³/mol. The van der Waals surface area contributed by atoms with Gasteiger partial charge in [-0.2, -0.15) is 0 Å². The molecule has 0 atom stereocenters. The molecule has 1 fully saturated rings. The van der Waals surface area contributed by atoms with Crippen LogP contribution in [0, 0.1) is 0 Å². The number of aliphatic hydroxyl groups excluding tert-OH is 1. The molecule has 0 aromatic heterocycles. The summed E-state index contributed by atoms with van der Waals surface area (Å²) in [5.41, 5.74) is -0.0348. The Morgan fingerprint density at radius 2 is 1.58 bits per heavy atom. The molecule has 72 valence electrons. The lowest BCUT2D eigenvalue weighted by Crippen LogP contribution is -2.31. The second-order valence-corrected chi connectivity index (χ2v) is 4.66. The Labute approximate surface area is 74.9 Å². The van der Waals surface area contributed by atoms with Crippen molar-refractivity contribution >= 4 is 0 Å². The van der Waals surface area contributed by atoms with E-state index in [0.717, 1.165) is 25.7 Å². The zero-order valence-corrected chi connectivity index (χ0v) is 8.34. The predicted octanol–water partition coefficient (Wildman–Crippen LogP) is 2.10. The summed E-state index contributed by atoms with van der Waals surface area (Å²) in [6, 6.07) is 0. The summed E-state index contributed by atoms with van der Waals surface area (Å²) >= 11 is 0. The molecule has 0 amide bonds. The molecular weight excluding hydrogens is 152 g/mol. The zero-order valence-electron chi connectivity index (χ0n) is 8.34. The van der Waals surface area contributed by atoms with E-state index in [9.17, 15) is 5.11 Å². The third-order valence-electron chi connectivity index (χ3n) is 2.16. The van der Waals surface area contributed by atoms with E-state index in [2.05, 4.69) is 20.8 Å². The highest BCUT2D eigenvalue weighted by Crippen LogP contribution is 2.24. The highest BCUT2D eigenvalue weighted by Gasteiger charge is 2.23. The minimum absolute atomic E-state index is 0.0348. The SMILES string of the molecule is CC(C)(C)OC1CCC(O)CC1. The van der Waals surface area contributed by atoms with Crippen molar-refractivity contribution in [3.05, 3.63) is 0 Å². The highest BCUT2D eigenvalue weighted by molar-refractivity contribution is 4.74. The van der Waals surface area contributed by atoms with Crippen LogP contribution in [0.2, 0.25) is 0 Å². The van der Waals surface area contributed by atoms with E-state index in [1.807, 2.05) is 0 Å². The molecule has 0 unspecified atom stereocenters. The van der Waals surface area contributed by atoms with E-state index in [1.54, 1.807) is 0 Å². The first kappa shape index (κ1) is 10.0. The van der Waals surface area contributed by atoms with E-state index in [0.29, 0.717) is 6.10 Å². The van der Waals surface area contributed by atoms with Crippen molar-refractivity contribution in [1.29, 1.82) is 0 Å². The van der Waals surface area contributed by atoms with Crippen LogP contribution in [-0.4, -0.2) is 22.9 Å². The van der Waals surface area contributed by atoms with Gasteiger partial charge in [0.1, 0.15) is 0 Å². The molecule has 0 aliphatic heterocycles. The van der Waals surface area contributed by atoms with Crippen LogP contribution in [-0.2, 0) is 4.74 Å². The fourth-order valence-electron chi connectivity index (χ4n) is 1.66. The quantitative estimate of drug-likeness (QED) is 0.656. The Balaban J connectivity index is 2.26. The van der Waals surface area contributed by atoms with Crippen LogP contribution in [0.5, 0.6) is 0 Å². The lowest BCUT2D eigenvalue weighted by atomic mass is 9.94. The fourth-order valence-corrected chi connectivity index (χ4v) is 1.66. The van der Waals surface area contributed by atoms with Gasteiger partial charge in [0.15, 0.2) is 0 Å². The van der Waals surface area contributed by atoms with E-state index < -0.39 is 0 Å². The van der Waals surface area contributed by atoms with Gasteiger partial charge in [0.25, 0.3) is 0 Å². The van der Waals surface area contributed by atoms with Gasteiger partial charge in [-0.05, 0) is 46.5 Å². The van der Waals surface area contributed by atoms with Gasteiger partial charge in [-0.25, -0.2) is 0 Å². The maximum Gasteiger partial charge on any atom is 0.0602 e. The Kier molecular flexibility index (Phi) is 3.13. The third-order valence-corrected chi connectivity index (χ3v) is 2.16. The van der Waals surface area contributed by atoms with Crippen LogP contribution >= 0.6 is 0 Å². The van der Waals surface area contributed by atoms with Crippen LogP contribution in [0.15, 0.2) is 0 Å². The van der Waals surface area contributed by atoms with Crippen LogP contribution in [0.4, 0.5) is 0 Å². The fraction of sp³-hybridized carbons (Fsp3) is 1.00. The number of ether oxygens (including phenoxy) is 1. The molecule has 2 nitrogen and oxygen atoms in total. The highest BCUT2D eigenvalue weighted by atomic mass is 16.5. The van der Waals surface area contributed by atoms with Crippen molar-refractivity contribution in [3.8, 4) is 0 Å². The second-order valence-electron chi connectivity index (χ2n) is 4.66. The van der Waals surface area contributed by atoms with Crippen molar-refractivity contribution in [3.63, 3.8) is 0 Å². The molecule has 1 rings (SSSR count). The number of hydrogen-bond acceptors (Lipinski definition) is 2. The number of hydrogen-bond donors (Lipinski definition) is 1. The molecule has 1 aliphatic rings. The maximum absolute atomic E-state index is 9.27. The Morgan fingerprint density at radius 3 is 2.00 bits per heavy atom. The van der Waals surface area contributed by atoms with Gasteiger partial charge in [0.2, 0.25) is 0 Å². The molecular formula is C10H20O2. The minimum atomic E-state index is -0.0789. The van der Waals surface area contributed by atoms with Crippen LogP contribution in [0.25, 0.3) is 0 Å². The molecule has 0 aromatic carbocycles. The summed E-state index contributed by atoms with van der Waals surface area (Å²) in [5.74, 6) is 0. The third kappa shape index (κ3) is 3.55. The summed E-state index contributed by atoms with van der Waals surface area (Å²) in [6.45, 7) is 6.24. The first-order chi connectivity index (χ1) is 5.47. The summed E-state index contributed by atoms with van der Waals surface area (Å²) in [7, 11) is 0. The molecule has 0 saturated heterocycles.